The van der Waals surface area contributed by atoms with E-state index >= 15 is 0 Å². The third kappa shape index (κ3) is 2.60. The third-order valence-electron chi connectivity index (χ3n) is 4.16. The Morgan fingerprint density at radius 2 is 1.89 bits per heavy atom. The van der Waals surface area contributed by atoms with Crippen LogP contribution < -0.4 is 0 Å². The first-order valence-corrected chi connectivity index (χ1v) is 8.10. The number of allylic oxidation sites excluding steroid dienone is 2. The smallest absolute Gasteiger partial charge is 0.266 e. The summed E-state index contributed by atoms with van der Waals surface area (Å²) < 4.78 is 29.4. The highest BCUT2D eigenvalue weighted by molar-refractivity contribution is 7.86. The van der Waals surface area contributed by atoms with Gasteiger partial charge in [-0.3, -0.25) is 4.18 Å². The number of aryl methyl sites for hydroxylation is 1. The van der Waals surface area contributed by atoms with Crippen LogP contribution in [-0.2, 0) is 14.3 Å². The zero-order chi connectivity index (χ0) is 13.5. The van der Waals surface area contributed by atoms with Crippen molar-refractivity contribution in [1.29, 1.82) is 0 Å². The predicted molar refractivity (Wildman–Crippen MR) is 73.2 cm³/mol. The largest absolute Gasteiger partial charge is 0.296 e. The Balaban J connectivity index is 1.66. The number of rotatable bonds is 4. The van der Waals surface area contributed by atoms with Gasteiger partial charge in [0.2, 0.25) is 0 Å². The molecule has 2 aliphatic rings. The normalized spacial score (nSPS) is 29.0. The minimum Gasteiger partial charge on any atom is -0.266 e. The topological polar surface area (TPSA) is 43.4 Å². The summed E-state index contributed by atoms with van der Waals surface area (Å²) in [5.74, 6) is 1.51. The van der Waals surface area contributed by atoms with Gasteiger partial charge in [-0.2, -0.15) is 8.42 Å². The number of fused-ring (bicyclic) bond motifs is 2. The summed E-state index contributed by atoms with van der Waals surface area (Å²) in [4.78, 5) is 0.247. The minimum absolute atomic E-state index is 0.247. The molecular formula is C15H18O3S. The molecule has 0 saturated heterocycles. The fourth-order valence-electron chi connectivity index (χ4n) is 3.04. The molecule has 0 spiro atoms. The fourth-order valence-corrected chi connectivity index (χ4v) is 4.00. The molecule has 1 saturated carbocycles. The first-order chi connectivity index (χ1) is 9.04. The summed E-state index contributed by atoms with van der Waals surface area (Å²) in [6.07, 6.45) is 6.68. The van der Waals surface area contributed by atoms with Crippen molar-refractivity contribution in [2.45, 2.75) is 24.7 Å². The van der Waals surface area contributed by atoms with E-state index in [0.717, 1.165) is 12.0 Å². The summed E-state index contributed by atoms with van der Waals surface area (Å²) in [5.41, 5.74) is 1.04. The molecule has 2 bridgehead atoms. The van der Waals surface area contributed by atoms with E-state index in [9.17, 15) is 8.42 Å². The van der Waals surface area contributed by atoms with Crippen molar-refractivity contribution in [2.75, 3.05) is 6.61 Å². The maximum absolute atomic E-state index is 12.1. The van der Waals surface area contributed by atoms with Gasteiger partial charge < -0.3 is 0 Å². The maximum atomic E-state index is 12.1. The molecular weight excluding hydrogens is 260 g/mol. The lowest BCUT2D eigenvalue weighted by atomic mass is 9.95. The Bertz CT molecular complexity index is 586. The second-order valence-electron chi connectivity index (χ2n) is 5.59. The van der Waals surface area contributed by atoms with Crippen molar-refractivity contribution in [3.05, 3.63) is 42.0 Å². The molecule has 3 nitrogen and oxygen atoms in total. The van der Waals surface area contributed by atoms with Crippen LogP contribution in [0.1, 0.15) is 18.4 Å². The van der Waals surface area contributed by atoms with Gasteiger partial charge in [-0.15, -0.1) is 0 Å². The van der Waals surface area contributed by atoms with Gasteiger partial charge in [-0.25, -0.2) is 0 Å². The average molecular weight is 278 g/mol. The highest BCUT2D eigenvalue weighted by atomic mass is 32.2. The molecule has 3 rings (SSSR count). The van der Waals surface area contributed by atoms with Crippen LogP contribution in [0.5, 0.6) is 0 Å². The summed E-state index contributed by atoms with van der Waals surface area (Å²) in [6, 6.07) is 6.78. The summed E-state index contributed by atoms with van der Waals surface area (Å²) in [7, 11) is -3.61. The molecule has 0 heterocycles. The lowest BCUT2D eigenvalue weighted by Crippen LogP contribution is -2.18. The lowest BCUT2D eigenvalue weighted by Gasteiger charge is -2.17. The number of benzene rings is 1. The Morgan fingerprint density at radius 1 is 1.16 bits per heavy atom. The molecule has 3 atom stereocenters. The molecule has 1 fully saturated rings. The molecule has 1 aromatic rings. The van der Waals surface area contributed by atoms with Gasteiger partial charge in [0.25, 0.3) is 10.1 Å². The average Bonchev–Trinajstić information content (AvgIpc) is 2.99. The monoisotopic (exact) mass is 278 g/mol. The van der Waals surface area contributed by atoms with Crippen LogP contribution in [0.4, 0.5) is 0 Å². The van der Waals surface area contributed by atoms with Gasteiger partial charge in [0.15, 0.2) is 0 Å². The van der Waals surface area contributed by atoms with Gasteiger partial charge in [0.1, 0.15) is 0 Å². The van der Waals surface area contributed by atoms with Gasteiger partial charge in [-0.1, -0.05) is 29.8 Å². The molecule has 0 N–H and O–H groups in total. The van der Waals surface area contributed by atoms with Gasteiger partial charge >= 0.3 is 0 Å². The van der Waals surface area contributed by atoms with Gasteiger partial charge in [-0.05, 0) is 49.7 Å². The van der Waals surface area contributed by atoms with E-state index in [0.29, 0.717) is 24.4 Å². The second-order valence-corrected chi connectivity index (χ2v) is 7.21. The van der Waals surface area contributed by atoms with Crippen molar-refractivity contribution in [2.24, 2.45) is 17.8 Å². The van der Waals surface area contributed by atoms with E-state index < -0.39 is 10.1 Å². The highest BCUT2D eigenvalue weighted by Crippen LogP contribution is 2.43. The molecule has 0 aromatic heterocycles. The Morgan fingerprint density at radius 3 is 2.47 bits per heavy atom. The van der Waals surface area contributed by atoms with E-state index in [1.54, 1.807) is 24.3 Å². The van der Waals surface area contributed by atoms with E-state index in [1.807, 2.05) is 6.92 Å². The molecule has 0 radical (unpaired) electrons. The molecule has 4 heteroatoms. The molecule has 1 aromatic carbocycles. The van der Waals surface area contributed by atoms with E-state index in [2.05, 4.69) is 12.2 Å². The molecule has 2 aliphatic carbocycles. The standard InChI is InChI=1S/C15H18O3S/c1-11-2-6-15(7-3-11)19(16,17)18-10-14-9-12-4-5-13(14)8-12/h2-7,12-14H,8-10H2,1H3/t12-,13+,14+/m0/s1. The van der Waals surface area contributed by atoms with Crippen LogP contribution in [0, 0.1) is 24.7 Å². The van der Waals surface area contributed by atoms with Crippen molar-refractivity contribution in [3.8, 4) is 0 Å². The van der Waals surface area contributed by atoms with Crippen molar-refractivity contribution in [1.82, 2.24) is 0 Å². The first kappa shape index (κ1) is 12.9. The SMILES string of the molecule is Cc1ccc(S(=O)(=O)OC[C@H]2C[C@H]3C=C[C@@H]2C3)cc1. The summed E-state index contributed by atoms with van der Waals surface area (Å²) >= 11 is 0. The summed E-state index contributed by atoms with van der Waals surface area (Å²) in [5, 5.41) is 0. The highest BCUT2D eigenvalue weighted by Gasteiger charge is 2.36. The fraction of sp³-hybridized carbons (Fsp3) is 0.467. The van der Waals surface area contributed by atoms with E-state index in [1.165, 1.54) is 6.42 Å². The second kappa shape index (κ2) is 4.76. The number of hydrogen-bond acceptors (Lipinski definition) is 3. The van der Waals surface area contributed by atoms with Crippen LogP contribution >= 0.6 is 0 Å². The predicted octanol–water partition coefficient (Wildman–Crippen LogP) is 2.91. The van der Waals surface area contributed by atoms with Crippen LogP contribution in [-0.4, -0.2) is 15.0 Å². The molecule has 102 valence electrons. The van der Waals surface area contributed by atoms with Crippen LogP contribution in [0.25, 0.3) is 0 Å². The van der Waals surface area contributed by atoms with E-state index in [-0.39, 0.29) is 4.90 Å². The van der Waals surface area contributed by atoms with Crippen LogP contribution in [0.15, 0.2) is 41.3 Å². The third-order valence-corrected chi connectivity index (χ3v) is 5.46. The van der Waals surface area contributed by atoms with Gasteiger partial charge in [0, 0.05) is 0 Å². The van der Waals surface area contributed by atoms with Crippen molar-refractivity contribution in [3.63, 3.8) is 0 Å². The van der Waals surface area contributed by atoms with Crippen LogP contribution in [0.3, 0.4) is 0 Å². The summed E-state index contributed by atoms with van der Waals surface area (Å²) in [6.45, 7) is 2.24. The van der Waals surface area contributed by atoms with Crippen LogP contribution in [0.2, 0.25) is 0 Å². The minimum atomic E-state index is -3.61. The van der Waals surface area contributed by atoms with Gasteiger partial charge in [0.05, 0.1) is 11.5 Å². The number of hydrogen-bond donors (Lipinski definition) is 0. The maximum Gasteiger partial charge on any atom is 0.296 e. The lowest BCUT2D eigenvalue weighted by molar-refractivity contribution is 0.233. The van der Waals surface area contributed by atoms with Crippen molar-refractivity contribution >= 4 is 10.1 Å². The zero-order valence-corrected chi connectivity index (χ0v) is 11.8. The molecule has 0 amide bonds. The van der Waals surface area contributed by atoms with Crippen molar-refractivity contribution < 1.29 is 12.6 Å². The molecule has 19 heavy (non-hydrogen) atoms. The Hall–Kier alpha value is -1.13. The first-order valence-electron chi connectivity index (χ1n) is 6.69. The van der Waals surface area contributed by atoms with E-state index in [4.69, 9.17) is 4.18 Å². The molecule has 0 aliphatic heterocycles. The quantitative estimate of drug-likeness (QED) is 0.628. The Labute approximate surface area is 114 Å². The molecule has 0 unspecified atom stereocenters. The Kier molecular flexibility index (Phi) is 3.23. The zero-order valence-electron chi connectivity index (χ0n) is 11.0.